The number of aliphatic hydroxyl groups is 1. The van der Waals surface area contributed by atoms with E-state index in [1.54, 1.807) is 0 Å². The highest BCUT2D eigenvalue weighted by atomic mass is 35.5. The van der Waals surface area contributed by atoms with Crippen molar-refractivity contribution in [2.24, 2.45) is 5.92 Å². The van der Waals surface area contributed by atoms with Crippen molar-refractivity contribution in [2.45, 2.75) is 19.5 Å². The van der Waals surface area contributed by atoms with E-state index in [9.17, 15) is 13.2 Å². The second-order valence-corrected chi connectivity index (χ2v) is 4.46. The number of nitrogens with zero attached hydrogens (tertiary/aromatic N) is 1. The van der Waals surface area contributed by atoms with Crippen LogP contribution in [-0.4, -0.2) is 23.2 Å². The van der Waals surface area contributed by atoms with Crippen molar-refractivity contribution < 1.29 is 18.3 Å². The van der Waals surface area contributed by atoms with Gasteiger partial charge in [-0.25, -0.2) is 4.98 Å². The zero-order chi connectivity index (χ0) is 13.8. The summed E-state index contributed by atoms with van der Waals surface area (Å²) in [5.41, 5.74) is -0.874. The van der Waals surface area contributed by atoms with E-state index in [4.69, 9.17) is 16.7 Å². The van der Waals surface area contributed by atoms with Crippen LogP contribution in [-0.2, 0) is 6.18 Å². The SMILES string of the molecule is CC(CCO)CNc1ncc(C(F)(F)F)cc1Cl. The largest absolute Gasteiger partial charge is 0.417 e. The van der Waals surface area contributed by atoms with Crippen LogP contribution in [0, 0.1) is 5.92 Å². The maximum absolute atomic E-state index is 12.4. The van der Waals surface area contributed by atoms with Gasteiger partial charge in [-0.1, -0.05) is 18.5 Å². The predicted octanol–water partition coefficient (Wildman–Crippen LogP) is 3.18. The Hall–Kier alpha value is -1.01. The summed E-state index contributed by atoms with van der Waals surface area (Å²) < 4.78 is 37.1. The number of rotatable bonds is 5. The summed E-state index contributed by atoms with van der Waals surface area (Å²) in [5, 5.41) is 11.5. The zero-order valence-electron chi connectivity index (χ0n) is 9.76. The molecule has 0 bridgehead atoms. The third-order valence-electron chi connectivity index (χ3n) is 2.41. The lowest BCUT2D eigenvalue weighted by atomic mass is 10.1. The van der Waals surface area contributed by atoms with Gasteiger partial charge < -0.3 is 10.4 Å². The molecule has 0 aliphatic heterocycles. The first-order chi connectivity index (χ1) is 8.34. The Labute approximate surface area is 108 Å². The van der Waals surface area contributed by atoms with Gasteiger partial charge in [0, 0.05) is 19.3 Å². The van der Waals surface area contributed by atoms with Crippen molar-refractivity contribution in [1.29, 1.82) is 0 Å². The topological polar surface area (TPSA) is 45.1 Å². The molecule has 1 aromatic heterocycles. The first-order valence-corrected chi connectivity index (χ1v) is 5.80. The Balaban J connectivity index is 2.69. The molecule has 0 aliphatic rings. The number of alkyl halides is 3. The highest BCUT2D eigenvalue weighted by Crippen LogP contribution is 2.32. The number of pyridine rings is 1. The number of halogens is 4. The van der Waals surface area contributed by atoms with Gasteiger partial charge in [0.05, 0.1) is 10.6 Å². The molecule has 1 rings (SSSR count). The molecular weight excluding hydrogens is 269 g/mol. The van der Waals surface area contributed by atoms with Gasteiger partial charge in [0.2, 0.25) is 0 Å². The van der Waals surface area contributed by atoms with E-state index in [0.717, 1.165) is 12.3 Å². The summed E-state index contributed by atoms with van der Waals surface area (Å²) in [5.74, 6) is 0.393. The summed E-state index contributed by atoms with van der Waals surface area (Å²) in [7, 11) is 0. The monoisotopic (exact) mass is 282 g/mol. The second kappa shape index (κ2) is 6.24. The van der Waals surface area contributed by atoms with Gasteiger partial charge in [-0.15, -0.1) is 0 Å². The number of aromatic nitrogens is 1. The summed E-state index contributed by atoms with van der Waals surface area (Å²) in [4.78, 5) is 3.65. The Morgan fingerprint density at radius 3 is 2.67 bits per heavy atom. The molecular formula is C11H14ClF3N2O. The molecule has 1 atom stereocenters. The fourth-order valence-electron chi connectivity index (χ4n) is 1.32. The summed E-state index contributed by atoms with van der Waals surface area (Å²) in [6.45, 7) is 2.46. The van der Waals surface area contributed by atoms with Gasteiger partial charge in [-0.3, -0.25) is 0 Å². The molecule has 1 aromatic rings. The molecule has 1 unspecified atom stereocenters. The number of hydrogen-bond acceptors (Lipinski definition) is 3. The molecule has 18 heavy (non-hydrogen) atoms. The molecule has 3 nitrogen and oxygen atoms in total. The Morgan fingerprint density at radius 1 is 1.50 bits per heavy atom. The molecule has 0 aromatic carbocycles. The molecule has 1 heterocycles. The Kier molecular flexibility index (Phi) is 5.22. The molecule has 0 spiro atoms. The smallest absolute Gasteiger partial charge is 0.396 e. The zero-order valence-corrected chi connectivity index (χ0v) is 10.5. The van der Waals surface area contributed by atoms with Crippen molar-refractivity contribution in [3.63, 3.8) is 0 Å². The minimum absolute atomic E-state index is 0.0665. The van der Waals surface area contributed by atoms with Crippen LogP contribution in [0.3, 0.4) is 0 Å². The van der Waals surface area contributed by atoms with E-state index in [-0.39, 0.29) is 23.4 Å². The molecule has 0 saturated heterocycles. The van der Waals surface area contributed by atoms with Gasteiger partial charge in [0.1, 0.15) is 5.82 Å². The van der Waals surface area contributed by atoms with Crippen LogP contribution in [0.4, 0.5) is 19.0 Å². The average Bonchev–Trinajstić information content (AvgIpc) is 2.26. The van der Waals surface area contributed by atoms with Gasteiger partial charge in [-0.2, -0.15) is 13.2 Å². The molecule has 0 radical (unpaired) electrons. The van der Waals surface area contributed by atoms with Crippen LogP contribution in [0.25, 0.3) is 0 Å². The summed E-state index contributed by atoms with van der Waals surface area (Å²) >= 11 is 5.72. The quantitative estimate of drug-likeness (QED) is 0.872. The normalized spacial score (nSPS) is 13.4. The molecule has 7 heteroatoms. The van der Waals surface area contributed by atoms with Crippen molar-refractivity contribution in [1.82, 2.24) is 4.98 Å². The van der Waals surface area contributed by atoms with Gasteiger partial charge >= 0.3 is 6.18 Å². The lowest BCUT2D eigenvalue weighted by molar-refractivity contribution is -0.137. The van der Waals surface area contributed by atoms with Crippen LogP contribution in [0.5, 0.6) is 0 Å². The highest BCUT2D eigenvalue weighted by molar-refractivity contribution is 6.32. The fraction of sp³-hybridized carbons (Fsp3) is 0.545. The molecule has 0 fully saturated rings. The first-order valence-electron chi connectivity index (χ1n) is 5.42. The van der Waals surface area contributed by atoms with Crippen LogP contribution in [0.15, 0.2) is 12.3 Å². The van der Waals surface area contributed by atoms with Crippen LogP contribution in [0.2, 0.25) is 5.02 Å². The molecule has 0 aliphatic carbocycles. The second-order valence-electron chi connectivity index (χ2n) is 4.05. The van der Waals surface area contributed by atoms with Gasteiger partial charge in [-0.05, 0) is 18.4 Å². The van der Waals surface area contributed by atoms with E-state index in [1.165, 1.54) is 0 Å². The molecule has 102 valence electrons. The van der Waals surface area contributed by atoms with E-state index in [0.29, 0.717) is 13.0 Å². The number of nitrogens with one attached hydrogen (secondary N) is 1. The number of anilines is 1. The lowest BCUT2D eigenvalue weighted by Gasteiger charge is -2.13. The van der Waals surface area contributed by atoms with E-state index in [2.05, 4.69) is 10.3 Å². The predicted molar refractivity (Wildman–Crippen MR) is 63.6 cm³/mol. The van der Waals surface area contributed by atoms with Crippen molar-refractivity contribution in [2.75, 3.05) is 18.5 Å². The minimum Gasteiger partial charge on any atom is -0.396 e. The van der Waals surface area contributed by atoms with E-state index >= 15 is 0 Å². The highest BCUT2D eigenvalue weighted by Gasteiger charge is 2.31. The maximum atomic E-state index is 12.4. The third kappa shape index (κ3) is 4.34. The Morgan fingerprint density at radius 2 is 2.17 bits per heavy atom. The molecule has 0 amide bonds. The van der Waals surface area contributed by atoms with Gasteiger partial charge in [0.15, 0.2) is 0 Å². The van der Waals surface area contributed by atoms with E-state index < -0.39 is 11.7 Å². The van der Waals surface area contributed by atoms with Crippen molar-refractivity contribution in [3.05, 3.63) is 22.8 Å². The summed E-state index contributed by atoms with van der Waals surface area (Å²) in [6.07, 6.45) is -3.10. The van der Waals surface area contributed by atoms with Crippen LogP contribution < -0.4 is 5.32 Å². The van der Waals surface area contributed by atoms with Crippen LogP contribution in [0.1, 0.15) is 18.9 Å². The summed E-state index contributed by atoms with van der Waals surface area (Å²) in [6, 6.07) is 0.841. The average molecular weight is 283 g/mol. The first kappa shape index (κ1) is 15.0. The maximum Gasteiger partial charge on any atom is 0.417 e. The van der Waals surface area contributed by atoms with Crippen molar-refractivity contribution in [3.8, 4) is 0 Å². The van der Waals surface area contributed by atoms with Crippen LogP contribution >= 0.6 is 11.6 Å². The van der Waals surface area contributed by atoms with E-state index in [1.807, 2.05) is 6.92 Å². The molecule has 0 saturated carbocycles. The minimum atomic E-state index is -4.45. The third-order valence-corrected chi connectivity index (χ3v) is 2.70. The Bertz CT molecular complexity index is 398. The fourth-order valence-corrected chi connectivity index (χ4v) is 1.55. The molecule has 2 N–H and O–H groups in total. The standard InChI is InChI=1S/C11H14ClF3N2O/c1-7(2-3-18)5-16-10-9(12)4-8(6-17-10)11(13,14)15/h4,6-7,18H,2-3,5H2,1H3,(H,16,17). The van der Waals surface area contributed by atoms with Crippen molar-refractivity contribution >= 4 is 17.4 Å². The lowest BCUT2D eigenvalue weighted by Crippen LogP contribution is -2.14. The number of hydrogen-bond donors (Lipinski definition) is 2. The number of aliphatic hydroxyl groups excluding tert-OH is 1. The van der Waals surface area contributed by atoms with Gasteiger partial charge in [0.25, 0.3) is 0 Å².